The molecule has 1 rings (SSSR count). The molecule has 1 heterocycles. The fraction of sp³-hybridized carbons (Fsp3) is 0.692. The highest BCUT2D eigenvalue weighted by atomic mass is 14.9. The third kappa shape index (κ3) is 3.71. The van der Waals surface area contributed by atoms with Crippen molar-refractivity contribution in [1.82, 2.24) is 4.57 Å². The highest BCUT2D eigenvalue weighted by molar-refractivity contribution is 5.16. The molecule has 1 aromatic heterocycles. The van der Waals surface area contributed by atoms with Gasteiger partial charge in [-0.15, -0.1) is 0 Å². The lowest BCUT2D eigenvalue weighted by Crippen LogP contribution is -2.07. The van der Waals surface area contributed by atoms with E-state index in [1.54, 1.807) is 0 Å². The molecule has 0 saturated heterocycles. The van der Waals surface area contributed by atoms with Crippen LogP contribution < -0.4 is 5.73 Å². The Morgan fingerprint density at radius 2 is 2.07 bits per heavy atom. The predicted molar refractivity (Wildman–Crippen MR) is 65.9 cm³/mol. The monoisotopic (exact) mass is 208 g/mol. The SMILES string of the molecule is CC(C)C(CCCCN)c1ccn(C)c1. The summed E-state index contributed by atoms with van der Waals surface area (Å²) in [7, 11) is 2.08. The van der Waals surface area contributed by atoms with Crippen molar-refractivity contribution < 1.29 is 0 Å². The van der Waals surface area contributed by atoms with E-state index in [4.69, 9.17) is 5.73 Å². The van der Waals surface area contributed by atoms with Crippen molar-refractivity contribution in [2.75, 3.05) is 6.54 Å². The van der Waals surface area contributed by atoms with E-state index in [0.717, 1.165) is 13.0 Å². The van der Waals surface area contributed by atoms with E-state index in [1.807, 2.05) is 0 Å². The van der Waals surface area contributed by atoms with Crippen molar-refractivity contribution in [3.05, 3.63) is 24.0 Å². The molecule has 1 aromatic rings. The van der Waals surface area contributed by atoms with Gasteiger partial charge in [-0.3, -0.25) is 0 Å². The van der Waals surface area contributed by atoms with Crippen molar-refractivity contribution >= 4 is 0 Å². The van der Waals surface area contributed by atoms with E-state index in [9.17, 15) is 0 Å². The Morgan fingerprint density at radius 3 is 2.53 bits per heavy atom. The molecule has 2 heteroatoms. The molecule has 1 unspecified atom stereocenters. The highest BCUT2D eigenvalue weighted by Gasteiger charge is 2.15. The van der Waals surface area contributed by atoms with Crippen LogP contribution in [0.15, 0.2) is 18.5 Å². The molecule has 15 heavy (non-hydrogen) atoms. The minimum absolute atomic E-state index is 0.692. The van der Waals surface area contributed by atoms with Gasteiger partial charge in [0.15, 0.2) is 0 Å². The summed E-state index contributed by atoms with van der Waals surface area (Å²) in [5.41, 5.74) is 7.01. The van der Waals surface area contributed by atoms with Gasteiger partial charge < -0.3 is 10.3 Å². The number of nitrogens with zero attached hydrogens (tertiary/aromatic N) is 1. The first-order chi connectivity index (χ1) is 7.15. The van der Waals surface area contributed by atoms with Gasteiger partial charge in [0.05, 0.1) is 0 Å². The van der Waals surface area contributed by atoms with Gasteiger partial charge >= 0.3 is 0 Å². The van der Waals surface area contributed by atoms with Crippen molar-refractivity contribution in [2.45, 2.75) is 39.0 Å². The van der Waals surface area contributed by atoms with Gasteiger partial charge in [-0.25, -0.2) is 0 Å². The maximum atomic E-state index is 5.53. The lowest BCUT2D eigenvalue weighted by Gasteiger charge is -2.19. The van der Waals surface area contributed by atoms with Crippen LogP contribution in [0.1, 0.15) is 44.6 Å². The van der Waals surface area contributed by atoms with Crippen LogP contribution in [0.3, 0.4) is 0 Å². The minimum Gasteiger partial charge on any atom is -0.357 e. The van der Waals surface area contributed by atoms with Crippen molar-refractivity contribution in [1.29, 1.82) is 0 Å². The van der Waals surface area contributed by atoms with Crippen LogP contribution >= 0.6 is 0 Å². The zero-order valence-corrected chi connectivity index (χ0v) is 10.2. The van der Waals surface area contributed by atoms with Crippen LogP contribution in [0.5, 0.6) is 0 Å². The summed E-state index contributed by atoms with van der Waals surface area (Å²) < 4.78 is 2.13. The van der Waals surface area contributed by atoms with Gasteiger partial charge in [-0.2, -0.15) is 0 Å². The Hall–Kier alpha value is -0.760. The topological polar surface area (TPSA) is 30.9 Å². The Kier molecular flexibility index (Phi) is 4.89. The van der Waals surface area contributed by atoms with E-state index in [1.165, 1.54) is 18.4 Å². The largest absolute Gasteiger partial charge is 0.357 e. The summed E-state index contributed by atoms with van der Waals surface area (Å²) in [5, 5.41) is 0. The minimum atomic E-state index is 0.692. The highest BCUT2D eigenvalue weighted by Crippen LogP contribution is 2.29. The molecule has 2 nitrogen and oxygen atoms in total. The molecule has 0 aromatic carbocycles. The van der Waals surface area contributed by atoms with Crippen LogP contribution in [0.2, 0.25) is 0 Å². The summed E-state index contributed by atoms with van der Waals surface area (Å²) in [6.45, 7) is 5.43. The summed E-state index contributed by atoms with van der Waals surface area (Å²) in [4.78, 5) is 0. The number of nitrogens with two attached hydrogens (primary N) is 1. The maximum absolute atomic E-state index is 5.53. The third-order valence-electron chi connectivity index (χ3n) is 3.06. The summed E-state index contributed by atoms with van der Waals surface area (Å²) in [6, 6.07) is 2.24. The quantitative estimate of drug-likeness (QED) is 0.716. The zero-order valence-electron chi connectivity index (χ0n) is 10.2. The van der Waals surface area contributed by atoms with E-state index < -0.39 is 0 Å². The first-order valence-electron chi connectivity index (χ1n) is 5.97. The molecule has 0 spiro atoms. The van der Waals surface area contributed by atoms with Gasteiger partial charge in [0, 0.05) is 19.4 Å². The van der Waals surface area contributed by atoms with Crippen molar-refractivity contribution in [3.63, 3.8) is 0 Å². The molecule has 0 amide bonds. The molecular formula is C13H24N2. The van der Waals surface area contributed by atoms with E-state index in [2.05, 4.69) is 43.9 Å². The maximum Gasteiger partial charge on any atom is 0.0106 e. The molecular weight excluding hydrogens is 184 g/mol. The second-order valence-electron chi connectivity index (χ2n) is 4.75. The fourth-order valence-electron chi connectivity index (χ4n) is 2.14. The van der Waals surface area contributed by atoms with Gasteiger partial charge in [0.1, 0.15) is 0 Å². The lowest BCUT2D eigenvalue weighted by atomic mass is 9.86. The molecule has 0 aliphatic carbocycles. The molecule has 0 fully saturated rings. The van der Waals surface area contributed by atoms with Crippen molar-refractivity contribution in [3.8, 4) is 0 Å². The number of hydrogen-bond donors (Lipinski definition) is 1. The Morgan fingerprint density at radius 1 is 1.33 bits per heavy atom. The molecule has 1 atom stereocenters. The zero-order chi connectivity index (χ0) is 11.3. The number of unbranched alkanes of at least 4 members (excludes halogenated alkanes) is 1. The molecule has 2 N–H and O–H groups in total. The molecule has 0 aliphatic heterocycles. The molecule has 0 radical (unpaired) electrons. The number of aromatic nitrogens is 1. The van der Waals surface area contributed by atoms with Crippen LogP contribution in [-0.2, 0) is 7.05 Å². The smallest absolute Gasteiger partial charge is 0.0106 e. The summed E-state index contributed by atoms with van der Waals surface area (Å²) >= 11 is 0. The lowest BCUT2D eigenvalue weighted by molar-refractivity contribution is 0.450. The van der Waals surface area contributed by atoms with E-state index in [-0.39, 0.29) is 0 Å². The Bertz CT molecular complexity index is 276. The summed E-state index contributed by atoms with van der Waals surface area (Å²) in [5.74, 6) is 1.41. The first kappa shape index (κ1) is 12.3. The first-order valence-corrected chi connectivity index (χ1v) is 5.97. The van der Waals surface area contributed by atoms with Crippen LogP contribution in [-0.4, -0.2) is 11.1 Å². The third-order valence-corrected chi connectivity index (χ3v) is 3.06. The van der Waals surface area contributed by atoms with E-state index >= 15 is 0 Å². The molecule has 0 bridgehead atoms. The van der Waals surface area contributed by atoms with Gasteiger partial charge in [-0.05, 0) is 42.9 Å². The fourth-order valence-corrected chi connectivity index (χ4v) is 2.14. The molecule has 0 saturated carbocycles. The van der Waals surface area contributed by atoms with Gasteiger partial charge in [-0.1, -0.05) is 20.3 Å². The molecule has 86 valence electrons. The predicted octanol–water partition coefficient (Wildman–Crippen LogP) is 2.89. The van der Waals surface area contributed by atoms with Crippen molar-refractivity contribution in [2.24, 2.45) is 18.7 Å². The summed E-state index contributed by atoms with van der Waals surface area (Å²) in [6.07, 6.45) is 8.03. The average molecular weight is 208 g/mol. The number of rotatable bonds is 6. The number of hydrogen-bond acceptors (Lipinski definition) is 1. The standard InChI is InChI=1S/C13H24N2/c1-11(2)13(6-4-5-8-14)12-7-9-15(3)10-12/h7,9-11,13H,4-6,8,14H2,1-3H3. The Balaban J connectivity index is 2.58. The van der Waals surface area contributed by atoms with Crippen LogP contribution in [0.4, 0.5) is 0 Å². The van der Waals surface area contributed by atoms with Crippen LogP contribution in [0, 0.1) is 5.92 Å². The second-order valence-corrected chi connectivity index (χ2v) is 4.75. The van der Waals surface area contributed by atoms with Crippen LogP contribution in [0.25, 0.3) is 0 Å². The van der Waals surface area contributed by atoms with Gasteiger partial charge in [0.25, 0.3) is 0 Å². The average Bonchev–Trinajstić information content (AvgIpc) is 2.59. The normalized spacial score (nSPS) is 13.4. The number of aryl methyl sites for hydroxylation is 1. The van der Waals surface area contributed by atoms with E-state index in [0.29, 0.717) is 11.8 Å². The molecule has 0 aliphatic rings. The van der Waals surface area contributed by atoms with Gasteiger partial charge in [0.2, 0.25) is 0 Å². The Labute approximate surface area is 93.5 Å². The second kappa shape index (κ2) is 5.96.